The third-order valence-corrected chi connectivity index (χ3v) is 5.57. The van der Waals surface area contributed by atoms with E-state index in [1.165, 1.54) is 16.8 Å². The number of carbonyl (C=O) groups is 2. The molecule has 0 bridgehead atoms. The number of carbonyl (C=O) groups excluding carboxylic acids is 2. The highest BCUT2D eigenvalue weighted by molar-refractivity contribution is 8.13. The van der Waals surface area contributed by atoms with Crippen LogP contribution in [0.5, 0.6) is 0 Å². The highest BCUT2D eigenvalue weighted by Crippen LogP contribution is 2.26. The van der Waals surface area contributed by atoms with E-state index in [2.05, 4.69) is 4.98 Å². The van der Waals surface area contributed by atoms with E-state index in [9.17, 15) is 14.4 Å². The van der Waals surface area contributed by atoms with Crippen molar-refractivity contribution in [1.29, 1.82) is 0 Å². The smallest absolute Gasteiger partial charge is 0.345 e. The molecule has 1 amide bonds. The molecule has 0 unspecified atom stereocenters. The average molecular weight is 379 g/mol. The molecule has 7 nitrogen and oxygen atoms in total. The van der Waals surface area contributed by atoms with Crippen molar-refractivity contribution in [2.45, 2.75) is 11.8 Å². The Balaban J connectivity index is 1.92. The lowest BCUT2D eigenvalue weighted by Gasteiger charge is -2.25. The van der Waals surface area contributed by atoms with Crippen LogP contribution in [0.4, 0.5) is 4.79 Å². The highest BCUT2D eigenvalue weighted by atomic mass is 32.2. The number of amides is 1. The first kappa shape index (κ1) is 17.8. The van der Waals surface area contributed by atoms with Crippen LogP contribution < -0.4 is 5.56 Å². The quantitative estimate of drug-likeness (QED) is 0.597. The standard InChI is InChI=1S/C16H17N3O4S2/c1-2-23-15(21)11-10-17-13-12(4-3-5-19(13)14(11)20)25-16(22)18-6-8-24-9-7-18/h3-5,10H,2,6-9H2,1H3. The van der Waals surface area contributed by atoms with Crippen LogP contribution in [0.25, 0.3) is 5.65 Å². The number of nitrogens with zero attached hydrogens (tertiary/aromatic N) is 3. The van der Waals surface area contributed by atoms with E-state index in [0.717, 1.165) is 36.4 Å². The largest absolute Gasteiger partial charge is 0.462 e. The molecule has 0 atom stereocenters. The fraction of sp³-hybridized carbons (Fsp3) is 0.375. The predicted molar refractivity (Wildman–Crippen MR) is 97.6 cm³/mol. The van der Waals surface area contributed by atoms with Gasteiger partial charge in [0.1, 0.15) is 5.56 Å². The molecule has 3 heterocycles. The van der Waals surface area contributed by atoms with Crippen molar-refractivity contribution in [3.63, 3.8) is 0 Å². The van der Waals surface area contributed by atoms with Crippen molar-refractivity contribution in [1.82, 2.24) is 14.3 Å². The lowest BCUT2D eigenvalue weighted by Crippen LogP contribution is -2.35. The number of aromatic nitrogens is 2. The Bertz CT molecular complexity index is 862. The molecular formula is C16H17N3O4S2. The zero-order valence-electron chi connectivity index (χ0n) is 13.6. The molecule has 3 rings (SSSR count). The summed E-state index contributed by atoms with van der Waals surface area (Å²) in [6, 6.07) is 3.40. The number of fused-ring (bicyclic) bond motifs is 1. The third kappa shape index (κ3) is 3.82. The minimum Gasteiger partial charge on any atom is -0.462 e. The lowest BCUT2D eigenvalue weighted by molar-refractivity contribution is 0.0523. The van der Waals surface area contributed by atoms with Gasteiger partial charge in [-0.25, -0.2) is 9.78 Å². The van der Waals surface area contributed by atoms with Gasteiger partial charge in [0.2, 0.25) is 0 Å². The van der Waals surface area contributed by atoms with Gasteiger partial charge in [-0.2, -0.15) is 11.8 Å². The Morgan fingerprint density at radius 3 is 2.84 bits per heavy atom. The van der Waals surface area contributed by atoms with Crippen LogP contribution in [0.15, 0.2) is 34.2 Å². The second kappa shape index (κ2) is 7.92. The topological polar surface area (TPSA) is 81.0 Å². The molecule has 25 heavy (non-hydrogen) atoms. The zero-order valence-corrected chi connectivity index (χ0v) is 15.3. The minimum absolute atomic E-state index is 0.0582. The molecule has 1 fully saturated rings. The van der Waals surface area contributed by atoms with Crippen LogP contribution in [0, 0.1) is 0 Å². The summed E-state index contributed by atoms with van der Waals surface area (Å²) in [5.74, 6) is 1.17. The summed E-state index contributed by atoms with van der Waals surface area (Å²) >= 11 is 2.88. The second-order valence-corrected chi connectivity index (χ2v) is 7.45. The second-order valence-electron chi connectivity index (χ2n) is 5.23. The molecule has 2 aromatic rings. The molecule has 132 valence electrons. The van der Waals surface area contributed by atoms with Crippen molar-refractivity contribution < 1.29 is 14.3 Å². The van der Waals surface area contributed by atoms with E-state index in [1.54, 1.807) is 24.0 Å². The Kier molecular flexibility index (Phi) is 5.64. The van der Waals surface area contributed by atoms with E-state index in [0.29, 0.717) is 10.5 Å². The average Bonchev–Trinajstić information content (AvgIpc) is 2.63. The van der Waals surface area contributed by atoms with Gasteiger partial charge in [-0.3, -0.25) is 14.0 Å². The number of pyridine rings is 1. The fourth-order valence-electron chi connectivity index (χ4n) is 2.41. The summed E-state index contributed by atoms with van der Waals surface area (Å²) < 4.78 is 6.14. The molecule has 0 aliphatic carbocycles. The van der Waals surface area contributed by atoms with Gasteiger partial charge < -0.3 is 9.64 Å². The third-order valence-electron chi connectivity index (χ3n) is 3.66. The maximum absolute atomic E-state index is 12.5. The number of hydrogen-bond donors (Lipinski definition) is 0. The highest BCUT2D eigenvalue weighted by Gasteiger charge is 2.20. The van der Waals surface area contributed by atoms with Crippen LogP contribution in [-0.4, -0.2) is 56.7 Å². The molecule has 0 saturated carbocycles. The first-order valence-corrected chi connectivity index (χ1v) is 9.81. The molecule has 0 spiro atoms. The van der Waals surface area contributed by atoms with E-state index < -0.39 is 11.5 Å². The van der Waals surface area contributed by atoms with Crippen molar-refractivity contribution in [2.75, 3.05) is 31.2 Å². The molecular weight excluding hydrogens is 362 g/mol. The van der Waals surface area contributed by atoms with Crippen molar-refractivity contribution in [2.24, 2.45) is 0 Å². The first-order valence-electron chi connectivity index (χ1n) is 7.84. The summed E-state index contributed by atoms with van der Waals surface area (Å²) in [5, 5.41) is -0.0582. The van der Waals surface area contributed by atoms with Crippen LogP contribution in [-0.2, 0) is 4.74 Å². The SMILES string of the molecule is CCOC(=O)c1cnc2c(SC(=O)N3CCSCC3)cccn2c1=O. The van der Waals surface area contributed by atoms with Gasteiger partial charge >= 0.3 is 5.97 Å². The summed E-state index contributed by atoms with van der Waals surface area (Å²) in [6.07, 6.45) is 2.74. The Labute approximate surface area is 152 Å². The number of rotatable bonds is 3. The zero-order chi connectivity index (χ0) is 17.8. The van der Waals surface area contributed by atoms with Crippen molar-refractivity contribution in [3.05, 3.63) is 40.4 Å². The summed E-state index contributed by atoms with van der Waals surface area (Å²) in [7, 11) is 0. The lowest BCUT2D eigenvalue weighted by atomic mass is 10.3. The van der Waals surface area contributed by atoms with E-state index in [4.69, 9.17) is 4.74 Å². The molecule has 0 radical (unpaired) electrons. The molecule has 9 heteroatoms. The van der Waals surface area contributed by atoms with Gasteiger partial charge in [0.05, 0.1) is 11.5 Å². The molecule has 1 aliphatic heterocycles. The predicted octanol–water partition coefficient (Wildman–Crippen LogP) is 2.13. The molecule has 0 N–H and O–H groups in total. The van der Waals surface area contributed by atoms with Gasteiger partial charge in [0.25, 0.3) is 10.8 Å². The van der Waals surface area contributed by atoms with E-state index in [1.807, 2.05) is 11.8 Å². The van der Waals surface area contributed by atoms with E-state index in [-0.39, 0.29) is 17.4 Å². The maximum Gasteiger partial charge on any atom is 0.345 e. The molecule has 0 aromatic carbocycles. The minimum atomic E-state index is -0.700. The number of ether oxygens (including phenoxy) is 1. The van der Waals surface area contributed by atoms with Gasteiger partial charge in [-0.15, -0.1) is 0 Å². The van der Waals surface area contributed by atoms with Crippen LogP contribution >= 0.6 is 23.5 Å². The van der Waals surface area contributed by atoms with E-state index >= 15 is 0 Å². The summed E-state index contributed by atoms with van der Waals surface area (Å²) in [6.45, 7) is 3.30. The summed E-state index contributed by atoms with van der Waals surface area (Å²) in [4.78, 5) is 43.4. The number of esters is 1. The van der Waals surface area contributed by atoms with Crippen LogP contribution in [0.1, 0.15) is 17.3 Å². The van der Waals surface area contributed by atoms with Gasteiger partial charge in [-0.1, -0.05) is 0 Å². The monoisotopic (exact) mass is 379 g/mol. The Morgan fingerprint density at radius 2 is 2.12 bits per heavy atom. The van der Waals surface area contributed by atoms with Crippen LogP contribution in [0.3, 0.4) is 0 Å². The van der Waals surface area contributed by atoms with Crippen molar-refractivity contribution >= 4 is 40.4 Å². The van der Waals surface area contributed by atoms with Gasteiger partial charge in [-0.05, 0) is 30.8 Å². The Morgan fingerprint density at radius 1 is 1.36 bits per heavy atom. The van der Waals surface area contributed by atoms with Crippen LogP contribution in [0.2, 0.25) is 0 Å². The summed E-state index contributed by atoms with van der Waals surface area (Å²) in [5.41, 5.74) is -0.279. The first-order chi connectivity index (χ1) is 12.1. The normalized spacial score (nSPS) is 14.5. The molecule has 1 aliphatic rings. The fourth-order valence-corrected chi connectivity index (χ4v) is 4.21. The van der Waals surface area contributed by atoms with Crippen molar-refractivity contribution in [3.8, 4) is 0 Å². The van der Waals surface area contributed by atoms with Gasteiger partial charge in [0.15, 0.2) is 5.65 Å². The van der Waals surface area contributed by atoms with Gasteiger partial charge in [0, 0.05) is 37.0 Å². The molecule has 1 saturated heterocycles. The number of hydrogen-bond acceptors (Lipinski definition) is 7. The Hall–Kier alpha value is -2.00. The maximum atomic E-state index is 12.5. The number of thioether (sulfide) groups is 2. The molecule has 2 aromatic heterocycles.